The van der Waals surface area contributed by atoms with Crippen LogP contribution in [0, 0.1) is 0 Å². The van der Waals surface area contributed by atoms with Crippen LogP contribution >= 0.6 is 0 Å². The molecular weight excluding hydrogens is 234 g/mol. The lowest BCUT2D eigenvalue weighted by atomic mass is 9.98. The van der Waals surface area contributed by atoms with Crippen molar-refractivity contribution >= 4 is 5.69 Å². The Bertz CT molecular complexity index is 572. The molecule has 0 fully saturated rings. The second-order valence-corrected chi connectivity index (χ2v) is 5.20. The van der Waals surface area contributed by atoms with Crippen molar-refractivity contribution in [3.8, 4) is 16.9 Å². The molecule has 0 saturated heterocycles. The maximum Gasteiger partial charge on any atom is 0.119 e. The van der Waals surface area contributed by atoms with Crippen molar-refractivity contribution in [1.82, 2.24) is 0 Å². The fourth-order valence-electron chi connectivity index (χ4n) is 2.60. The predicted octanol–water partition coefficient (Wildman–Crippen LogP) is 4.11. The van der Waals surface area contributed by atoms with Gasteiger partial charge >= 0.3 is 0 Å². The molecule has 1 N–H and O–H groups in total. The van der Waals surface area contributed by atoms with Crippen molar-refractivity contribution in [2.75, 3.05) is 11.9 Å². The lowest BCUT2D eigenvalue weighted by Gasteiger charge is -2.11. The van der Waals surface area contributed by atoms with Crippen molar-refractivity contribution in [3.63, 3.8) is 0 Å². The molecule has 19 heavy (non-hydrogen) atoms. The summed E-state index contributed by atoms with van der Waals surface area (Å²) in [4.78, 5) is 0. The van der Waals surface area contributed by atoms with Crippen molar-refractivity contribution in [1.29, 1.82) is 0 Å². The normalized spacial score (nSPS) is 13.2. The Balaban J connectivity index is 1.93. The molecule has 3 rings (SSSR count). The van der Waals surface area contributed by atoms with Crippen LogP contribution in [-0.4, -0.2) is 12.6 Å². The van der Waals surface area contributed by atoms with E-state index in [2.05, 4.69) is 47.8 Å². The highest BCUT2D eigenvalue weighted by atomic mass is 16.5. The summed E-state index contributed by atoms with van der Waals surface area (Å²) in [6, 6.07) is 14.9. The van der Waals surface area contributed by atoms with Crippen molar-refractivity contribution < 1.29 is 4.74 Å². The lowest BCUT2D eigenvalue weighted by Crippen LogP contribution is -2.05. The molecule has 0 amide bonds. The number of fused-ring (bicyclic) bond motifs is 1. The zero-order valence-corrected chi connectivity index (χ0v) is 11.4. The number of ether oxygens (including phenoxy) is 1. The van der Waals surface area contributed by atoms with Crippen LogP contribution in [0.2, 0.25) is 0 Å². The Morgan fingerprint density at radius 1 is 1.05 bits per heavy atom. The van der Waals surface area contributed by atoms with E-state index in [1.54, 1.807) is 0 Å². The maximum absolute atomic E-state index is 5.69. The molecule has 98 valence electrons. The first-order valence-corrected chi connectivity index (χ1v) is 6.87. The minimum Gasteiger partial charge on any atom is -0.491 e. The Labute approximate surface area is 114 Å². The van der Waals surface area contributed by atoms with Gasteiger partial charge in [0.1, 0.15) is 5.75 Å². The van der Waals surface area contributed by atoms with Gasteiger partial charge in [0.05, 0.1) is 6.10 Å². The van der Waals surface area contributed by atoms with E-state index in [9.17, 15) is 0 Å². The van der Waals surface area contributed by atoms with Gasteiger partial charge in [-0.05, 0) is 55.2 Å². The summed E-state index contributed by atoms with van der Waals surface area (Å²) in [5.74, 6) is 0.935. The lowest BCUT2D eigenvalue weighted by molar-refractivity contribution is 0.242. The number of anilines is 1. The second-order valence-electron chi connectivity index (χ2n) is 5.20. The second kappa shape index (κ2) is 4.96. The Hall–Kier alpha value is -1.96. The quantitative estimate of drug-likeness (QED) is 0.888. The molecule has 0 saturated carbocycles. The first-order chi connectivity index (χ1) is 9.24. The van der Waals surface area contributed by atoms with E-state index in [4.69, 9.17) is 4.74 Å². The standard InChI is InChI=1S/C17H19NO/c1-12(2)19-14-8-6-13(7-9-14)15-4-3-5-17-16(15)10-11-18-17/h3-9,12,18H,10-11H2,1-2H3. The minimum absolute atomic E-state index is 0.219. The Morgan fingerprint density at radius 2 is 1.84 bits per heavy atom. The minimum atomic E-state index is 0.219. The molecule has 0 unspecified atom stereocenters. The van der Waals surface area contributed by atoms with E-state index in [1.807, 2.05) is 13.8 Å². The van der Waals surface area contributed by atoms with Crippen LogP contribution in [0.1, 0.15) is 19.4 Å². The van der Waals surface area contributed by atoms with Gasteiger partial charge < -0.3 is 10.1 Å². The highest BCUT2D eigenvalue weighted by Crippen LogP contribution is 2.33. The van der Waals surface area contributed by atoms with Crippen LogP contribution in [0.3, 0.4) is 0 Å². The summed E-state index contributed by atoms with van der Waals surface area (Å²) >= 11 is 0. The van der Waals surface area contributed by atoms with Crippen LogP contribution in [0.5, 0.6) is 5.75 Å². The van der Waals surface area contributed by atoms with Gasteiger partial charge in [-0.1, -0.05) is 24.3 Å². The summed E-state index contributed by atoms with van der Waals surface area (Å²) in [6.45, 7) is 5.13. The molecule has 0 atom stereocenters. The Kier molecular flexibility index (Phi) is 3.16. The average molecular weight is 253 g/mol. The molecule has 2 nitrogen and oxygen atoms in total. The molecule has 2 aromatic rings. The summed E-state index contributed by atoms with van der Waals surface area (Å²) in [6.07, 6.45) is 1.33. The molecule has 0 aromatic heterocycles. The zero-order valence-electron chi connectivity index (χ0n) is 11.4. The molecule has 2 aromatic carbocycles. The molecule has 0 radical (unpaired) electrons. The Morgan fingerprint density at radius 3 is 2.58 bits per heavy atom. The summed E-state index contributed by atoms with van der Waals surface area (Å²) in [7, 11) is 0. The van der Waals surface area contributed by atoms with E-state index < -0.39 is 0 Å². The van der Waals surface area contributed by atoms with Gasteiger partial charge in [0.25, 0.3) is 0 Å². The van der Waals surface area contributed by atoms with E-state index in [0.29, 0.717) is 0 Å². The molecule has 0 aliphatic carbocycles. The molecule has 1 heterocycles. The van der Waals surface area contributed by atoms with E-state index in [-0.39, 0.29) is 6.10 Å². The van der Waals surface area contributed by atoms with Crippen molar-refractivity contribution in [3.05, 3.63) is 48.0 Å². The highest BCUT2D eigenvalue weighted by molar-refractivity contribution is 5.76. The van der Waals surface area contributed by atoms with Crippen molar-refractivity contribution in [2.45, 2.75) is 26.4 Å². The van der Waals surface area contributed by atoms with Gasteiger partial charge in [-0.3, -0.25) is 0 Å². The van der Waals surface area contributed by atoms with Gasteiger partial charge in [-0.15, -0.1) is 0 Å². The van der Waals surface area contributed by atoms with Gasteiger partial charge in [0.2, 0.25) is 0 Å². The van der Waals surface area contributed by atoms with Gasteiger partial charge in [0, 0.05) is 12.2 Å². The monoisotopic (exact) mass is 253 g/mol. The summed E-state index contributed by atoms with van der Waals surface area (Å²) in [5, 5.41) is 3.42. The van der Waals surface area contributed by atoms with Crippen LogP contribution in [0.15, 0.2) is 42.5 Å². The molecule has 1 aliphatic rings. The molecule has 2 heteroatoms. The first-order valence-electron chi connectivity index (χ1n) is 6.87. The summed E-state index contributed by atoms with van der Waals surface area (Å²) in [5.41, 5.74) is 5.30. The predicted molar refractivity (Wildman–Crippen MR) is 79.8 cm³/mol. The van der Waals surface area contributed by atoms with E-state index >= 15 is 0 Å². The fourth-order valence-corrected chi connectivity index (χ4v) is 2.60. The molecule has 0 bridgehead atoms. The number of nitrogens with one attached hydrogen (secondary N) is 1. The first kappa shape index (κ1) is 12.1. The third-order valence-electron chi connectivity index (χ3n) is 3.40. The van der Waals surface area contributed by atoms with E-state index in [1.165, 1.54) is 22.4 Å². The molecular formula is C17H19NO. The highest BCUT2D eigenvalue weighted by Gasteiger charge is 2.14. The maximum atomic E-state index is 5.69. The SMILES string of the molecule is CC(C)Oc1ccc(-c2cccc3c2CCN3)cc1. The molecule has 1 aliphatic heterocycles. The zero-order chi connectivity index (χ0) is 13.2. The van der Waals surface area contributed by atoms with Crippen LogP contribution in [0.4, 0.5) is 5.69 Å². The van der Waals surface area contributed by atoms with E-state index in [0.717, 1.165) is 18.7 Å². The number of hydrogen-bond acceptors (Lipinski definition) is 2. The van der Waals surface area contributed by atoms with Crippen LogP contribution < -0.4 is 10.1 Å². The van der Waals surface area contributed by atoms with Gasteiger partial charge in [-0.2, -0.15) is 0 Å². The third kappa shape index (κ3) is 2.43. The van der Waals surface area contributed by atoms with Crippen molar-refractivity contribution in [2.24, 2.45) is 0 Å². The van der Waals surface area contributed by atoms with Crippen LogP contribution in [0.25, 0.3) is 11.1 Å². The topological polar surface area (TPSA) is 21.3 Å². The average Bonchev–Trinajstić information content (AvgIpc) is 2.87. The fraction of sp³-hybridized carbons (Fsp3) is 0.294. The molecule has 0 spiro atoms. The van der Waals surface area contributed by atoms with Crippen LogP contribution in [-0.2, 0) is 6.42 Å². The number of benzene rings is 2. The number of hydrogen-bond donors (Lipinski definition) is 1. The largest absolute Gasteiger partial charge is 0.491 e. The third-order valence-corrected chi connectivity index (χ3v) is 3.40. The van der Waals surface area contributed by atoms with Gasteiger partial charge in [-0.25, -0.2) is 0 Å². The number of rotatable bonds is 3. The smallest absolute Gasteiger partial charge is 0.119 e. The summed E-state index contributed by atoms with van der Waals surface area (Å²) < 4.78 is 5.69. The van der Waals surface area contributed by atoms with Gasteiger partial charge in [0.15, 0.2) is 0 Å².